The van der Waals surface area contributed by atoms with Crippen LogP contribution in [0.2, 0.25) is 0 Å². The van der Waals surface area contributed by atoms with Crippen molar-refractivity contribution in [1.82, 2.24) is 15.2 Å². The second-order valence-electron chi connectivity index (χ2n) is 4.82. The van der Waals surface area contributed by atoms with Crippen LogP contribution in [-0.2, 0) is 0 Å². The molecule has 1 amide bonds. The van der Waals surface area contributed by atoms with Gasteiger partial charge in [0.2, 0.25) is 0 Å². The first kappa shape index (κ1) is 12.0. The lowest BCUT2D eigenvalue weighted by atomic mass is 9.90. The van der Waals surface area contributed by atoms with Gasteiger partial charge in [-0.2, -0.15) is 0 Å². The highest BCUT2D eigenvalue weighted by molar-refractivity contribution is 5.92. The van der Waals surface area contributed by atoms with E-state index in [0.29, 0.717) is 5.69 Å². The maximum Gasteiger partial charge on any atom is 0.272 e. The first-order valence-corrected chi connectivity index (χ1v) is 6.04. The molecule has 1 aromatic rings. The van der Waals surface area contributed by atoms with E-state index in [1.807, 2.05) is 24.1 Å². The molecular formula is C13H19N3O. The average molecular weight is 233 g/mol. The summed E-state index contributed by atoms with van der Waals surface area (Å²) < 4.78 is 0. The number of amides is 1. The number of nitrogens with one attached hydrogen (secondary N) is 1. The van der Waals surface area contributed by atoms with Crippen molar-refractivity contribution in [2.75, 3.05) is 20.1 Å². The lowest BCUT2D eigenvalue weighted by Crippen LogP contribution is -2.51. The van der Waals surface area contributed by atoms with Crippen molar-refractivity contribution >= 4 is 5.91 Å². The van der Waals surface area contributed by atoms with Crippen LogP contribution in [0.5, 0.6) is 0 Å². The van der Waals surface area contributed by atoms with Crippen LogP contribution in [0.1, 0.15) is 30.3 Å². The number of pyridine rings is 1. The van der Waals surface area contributed by atoms with E-state index in [0.717, 1.165) is 25.9 Å². The molecule has 1 aromatic heterocycles. The summed E-state index contributed by atoms with van der Waals surface area (Å²) in [4.78, 5) is 18.1. The summed E-state index contributed by atoms with van der Waals surface area (Å²) in [6, 6.07) is 5.45. The molecule has 1 fully saturated rings. The van der Waals surface area contributed by atoms with E-state index in [-0.39, 0.29) is 11.4 Å². The lowest BCUT2D eigenvalue weighted by molar-refractivity contribution is 0.0656. The Bertz CT molecular complexity index is 383. The van der Waals surface area contributed by atoms with Crippen LogP contribution in [0.25, 0.3) is 0 Å². The molecule has 2 heterocycles. The average Bonchev–Trinajstić information content (AvgIpc) is 2.40. The quantitative estimate of drug-likeness (QED) is 0.837. The third kappa shape index (κ3) is 2.64. The van der Waals surface area contributed by atoms with Crippen molar-refractivity contribution in [3.05, 3.63) is 30.1 Å². The van der Waals surface area contributed by atoms with Crippen molar-refractivity contribution in [3.63, 3.8) is 0 Å². The summed E-state index contributed by atoms with van der Waals surface area (Å²) in [6.45, 7) is 3.80. The Kier molecular flexibility index (Phi) is 3.43. The van der Waals surface area contributed by atoms with Gasteiger partial charge in [0.15, 0.2) is 0 Å². The molecule has 1 aliphatic heterocycles. The molecular weight excluding hydrogens is 214 g/mol. The molecule has 0 aliphatic carbocycles. The summed E-state index contributed by atoms with van der Waals surface area (Å²) >= 11 is 0. The van der Waals surface area contributed by atoms with Gasteiger partial charge in [0.1, 0.15) is 5.69 Å². The summed E-state index contributed by atoms with van der Waals surface area (Å²) in [5.41, 5.74) is 0.710. The molecule has 1 saturated heterocycles. The van der Waals surface area contributed by atoms with Crippen LogP contribution in [0.15, 0.2) is 24.4 Å². The zero-order valence-corrected chi connectivity index (χ0v) is 10.4. The molecule has 0 radical (unpaired) electrons. The monoisotopic (exact) mass is 233 g/mol. The third-order valence-corrected chi connectivity index (χ3v) is 3.64. The Morgan fingerprint density at radius 1 is 1.41 bits per heavy atom. The largest absolute Gasteiger partial charge is 0.337 e. The molecule has 4 heteroatoms. The molecule has 1 aliphatic rings. The fourth-order valence-corrected chi connectivity index (χ4v) is 2.10. The summed E-state index contributed by atoms with van der Waals surface area (Å²) in [7, 11) is 1.98. The van der Waals surface area contributed by atoms with Crippen LogP contribution in [0.4, 0.5) is 0 Å². The van der Waals surface area contributed by atoms with Gasteiger partial charge >= 0.3 is 0 Å². The predicted molar refractivity (Wildman–Crippen MR) is 66.8 cm³/mol. The van der Waals surface area contributed by atoms with Gasteiger partial charge in [-0.05, 0) is 38.9 Å². The van der Waals surface area contributed by atoms with E-state index in [1.165, 1.54) is 0 Å². The summed E-state index contributed by atoms with van der Waals surface area (Å²) in [5, 5.41) is 3.33. The van der Waals surface area contributed by atoms with E-state index in [9.17, 15) is 4.79 Å². The number of aromatic nitrogens is 1. The van der Waals surface area contributed by atoms with Crippen LogP contribution in [0.3, 0.4) is 0 Å². The van der Waals surface area contributed by atoms with E-state index in [4.69, 9.17) is 0 Å². The molecule has 0 spiro atoms. The zero-order chi connectivity index (χ0) is 12.3. The van der Waals surface area contributed by atoms with Crippen molar-refractivity contribution in [2.45, 2.75) is 25.3 Å². The van der Waals surface area contributed by atoms with Gasteiger partial charge in [-0.3, -0.25) is 9.78 Å². The Morgan fingerprint density at radius 3 is 2.65 bits per heavy atom. The predicted octanol–water partition coefficient (Wildman–Crippen LogP) is 1.30. The standard InChI is InChI=1S/C13H19N3O/c1-13(14-2)6-9-16(10-7-13)12(17)11-5-3-4-8-15-11/h3-5,8,14H,6-7,9-10H2,1-2H3. The van der Waals surface area contributed by atoms with Crippen molar-refractivity contribution in [1.29, 1.82) is 0 Å². The van der Waals surface area contributed by atoms with Gasteiger partial charge < -0.3 is 10.2 Å². The number of piperidine rings is 1. The minimum atomic E-state index is 0.0451. The van der Waals surface area contributed by atoms with Crippen LogP contribution in [0, 0.1) is 0 Å². The fraction of sp³-hybridized carbons (Fsp3) is 0.538. The fourth-order valence-electron chi connectivity index (χ4n) is 2.10. The molecule has 92 valence electrons. The number of carbonyl (C=O) groups is 1. The van der Waals surface area contributed by atoms with Gasteiger partial charge in [0, 0.05) is 24.8 Å². The molecule has 17 heavy (non-hydrogen) atoms. The van der Waals surface area contributed by atoms with Crippen LogP contribution >= 0.6 is 0 Å². The van der Waals surface area contributed by atoms with E-state index in [1.54, 1.807) is 12.3 Å². The molecule has 2 rings (SSSR count). The van der Waals surface area contributed by atoms with Crippen molar-refractivity contribution in [2.24, 2.45) is 0 Å². The molecule has 1 N–H and O–H groups in total. The van der Waals surface area contributed by atoms with E-state index >= 15 is 0 Å². The van der Waals surface area contributed by atoms with Crippen LogP contribution in [-0.4, -0.2) is 41.5 Å². The topological polar surface area (TPSA) is 45.2 Å². The van der Waals surface area contributed by atoms with Crippen LogP contribution < -0.4 is 5.32 Å². The Labute approximate surface area is 102 Å². The lowest BCUT2D eigenvalue weighted by Gasteiger charge is -2.39. The van der Waals surface area contributed by atoms with E-state index in [2.05, 4.69) is 17.2 Å². The van der Waals surface area contributed by atoms with Gasteiger partial charge in [-0.15, -0.1) is 0 Å². The second kappa shape index (κ2) is 4.84. The smallest absolute Gasteiger partial charge is 0.272 e. The summed E-state index contributed by atoms with van der Waals surface area (Å²) in [5.74, 6) is 0.0451. The number of hydrogen-bond acceptors (Lipinski definition) is 3. The number of rotatable bonds is 2. The highest BCUT2D eigenvalue weighted by Gasteiger charge is 2.30. The Morgan fingerprint density at radius 2 is 2.12 bits per heavy atom. The maximum atomic E-state index is 12.1. The molecule has 0 unspecified atom stereocenters. The number of carbonyl (C=O) groups excluding carboxylic acids is 1. The van der Waals surface area contributed by atoms with Crippen molar-refractivity contribution < 1.29 is 4.79 Å². The SMILES string of the molecule is CNC1(C)CCN(C(=O)c2ccccn2)CC1. The minimum absolute atomic E-state index is 0.0451. The van der Waals surface area contributed by atoms with Gasteiger partial charge in [-0.1, -0.05) is 6.07 Å². The summed E-state index contributed by atoms with van der Waals surface area (Å²) in [6.07, 6.45) is 3.64. The van der Waals surface area contributed by atoms with Gasteiger partial charge in [0.05, 0.1) is 0 Å². The number of likely N-dealkylation sites (tertiary alicyclic amines) is 1. The van der Waals surface area contributed by atoms with Gasteiger partial charge in [-0.25, -0.2) is 0 Å². The molecule has 0 bridgehead atoms. The Hall–Kier alpha value is -1.42. The Balaban J connectivity index is 2.00. The highest BCUT2D eigenvalue weighted by atomic mass is 16.2. The molecule has 4 nitrogen and oxygen atoms in total. The highest BCUT2D eigenvalue weighted by Crippen LogP contribution is 2.21. The second-order valence-corrected chi connectivity index (χ2v) is 4.82. The number of nitrogens with zero attached hydrogens (tertiary/aromatic N) is 2. The van der Waals surface area contributed by atoms with E-state index < -0.39 is 0 Å². The molecule has 0 saturated carbocycles. The number of hydrogen-bond donors (Lipinski definition) is 1. The first-order chi connectivity index (χ1) is 8.14. The zero-order valence-electron chi connectivity index (χ0n) is 10.4. The normalized spacial score (nSPS) is 19.1. The van der Waals surface area contributed by atoms with Gasteiger partial charge in [0.25, 0.3) is 5.91 Å². The minimum Gasteiger partial charge on any atom is -0.337 e. The first-order valence-electron chi connectivity index (χ1n) is 6.04. The maximum absolute atomic E-state index is 12.1. The van der Waals surface area contributed by atoms with Crippen molar-refractivity contribution in [3.8, 4) is 0 Å². The molecule has 0 atom stereocenters. The third-order valence-electron chi connectivity index (χ3n) is 3.64. The molecule has 0 aromatic carbocycles.